The molecular weight excluding hydrogens is 408 g/mol. The molecule has 0 spiro atoms. The van der Waals surface area contributed by atoms with Crippen molar-refractivity contribution in [3.05, 3.63) is 58.0 Å². The Balaban J connectivity index is 1.69. The Morgan fingerprint density at radius 1 is 1.33 bits per heavy atom. The number of alkyl halides is 1. The second-order valence-corrected chi connectivity index (χ2v) is 7.94. The first-order chi connectivity index (χ1) is 14.2. The Bertz CT molecular complexity index is 995. The molecule has 158 valence electrons. The van der Waals surface area contributed by atoms with Gasteiger partial charge in [-0.1, -0.05) is 26.0 Å². The SMILES string of the molecule is Cc1cc(OCC(=O)NN2C(=O)C(Cl)C2c2cccc(N)c2)c(C(C)C)cc1N=O. The lowest BCUT2D eigenvalue weighted by Gasteiger charge is -2.43. The van der Waals surface area contributed by atoms with E-state index in [1.54, 1.807) is 43.3 Å². The molecule has 1 heterocycles. The highest BCUT2D eigenvalue weighted by Crippen LogP contribution is 2.37. The van der Waals surface area contributed by atoms with E-state index in [2.05, 4.69) is 10.6 Å². The van der Waals surface area contributed by atoms with Gasteiger partial charge in [0.05, 0.1) is 0 Å². The Morgan fingerprint density at radius 2 is 2.07 bits per heavy atom. The molecule has 30 heavy (non-hydrogen) atoms. The zero-order chi connectivity index (χ0) is 22.0. The first-order valence-corrected chi connectivity index (χ1v) is 9.89. The van der Waals surface area contributed by atoms with Gasteiger partial charge in [-0.2, -0.15) is 0 Å². The van der Waals surface area contributed by atoms with Gasteiger partial charge in [0.1, 0.15) is 22.9 Å². The Labute approximate surface area is 179 Å². The molecule has 0 aliphatic carbocycles. The van der Waals surface area contributed by atoms with Crippen LogP contribution in [0.1, 0.15) is 42.5 Å². The number of aryl methyl sites for hydroxylation is 1. The van der Waals surface area contributed by atoms with Gasteiger partial charge in [0.2, 0.25) is 0 Å². The topological polar surface area (TPSA) is 114 Å². The molecule has 0 radical (unpaired) electrons. The van der Waals surface area contributed by atoms with Crippen LogP contribution in [0, 0.1) is 11.8 Å². The van der Waals surface area contributed by atoms with E-state index in [1.807, 2.05) is 13.8 Å². The van der Waals surface area contributed by atoms with Crippen LogP contribution in [0.5, 0.6) is 5.75 Å². The number of nitrogens with one attached hydrogen (secondary N) is 1. The van der Waals surface area contributed by atoms with Gasteiger partial charge in [-0.3, -0.25) is 15.0 Å². The summed E-state index contributed by atoms with van der Waals surface area (Å²) in [6, 6.07) is 9.81. The molecule has 2 unspecified atom stereocenters. The molecule has 8 nitrogen and oxygen atoms in total. The zero-order valence-electron chi connectivity index (χ0n) is 16.9. The average molecular weight is 431 g/mol. The number of nitrogens with two attached hydrogens (primary N) is 1. The Hall–Kier alpha value is -3.13. The van der Waals surface area contributed by atoms with Crippen molar-refractivity contribution in [1.82, 2.24) is 10.4 Å². The van der Waals surface area contributed by atoms with Gasteiger partial charge in [-0.05, 0) is 59.0 Å². The van der Waals surface area contributed by atoms with Crippen LogP contribution in [0.15, 0.2) is 41.6 Å². The smallest absolute Gasteiger partial charge is 0.276 e. The molecule has 1 saturated heterocycles. The van der Waals surface area contributed by atoms with Crippen molar-refractivity contribution in [2.75, 3.05) is 12.3 Å². The van der Waals surface area contributed by atoms with E-state index in [0.717, 1.165) is 11.1 Å². The molecule has 0 saturated carbocycles. The fraction of sp³-hybridized carbons (Fsp3) is 0.333. The lowest BCUT2D eigenvalue weighted by Crippen LogP contribution is -2.63. The normalized spacial score (nSPS) is 18.2. The summed E-state index contributed by atoms with van der Waals surface area (Å²) >= 11 is 6.16. The maximum absolute atomic E-state index is 12.4. The average Bonchev–Trinajstić information content (AvgIpc) is 2.71. The van der Waals surface area contributed by atoms with E-state index in [0.29, 0.717) is 22.7 Å². The van der Waals surface area contributed by atoms with Crippen molar-refractivity contribution in [3.8, 4) is 5.75 Å². The third-order valence-corrected chi connectivity index (χ3v) is 5.36. The van der Waals surface area contributed by atoms with Crippen molar-refractivity contribution in [3.63, 3.8) is 0 Å². The summed E-state index contributed by atoms with van der Waals surface area (Å²) in [4.78, 5) is 35.6. The minimum Gasteiger partial charge on any atom is -0.483 e. The van der Waals surface area contributed by atoms with E-state index in [9.17, 15) is 14.5 Å². The molecular formula is C21H23ClN4O4. The first kappa shape index (κ1) is 21.6. The molecule has 1 aliphatic heterocycles. The summed E-state index contributed by atoms with van der Waals surface area (Å²) in [7, 11) is 0. The van der Waals surface area contributed by atoms with Gasteiger partial charge >= 0.3 is 0 Å². The summed E-state index contributed by atoms with van der Waals surface area (Å²) < 4.78 is 5.69. The predicted octanol–water partition coefficient (Wildman–Crippen LogP) is 3.70. The maximum atomic E-state index is 12.4. The van der Waals surface area contributed by atoms with Crippen molar-refractivity contribution in [2.24, 2.45) is 5.18 Å². The molecule has 1 aliphatic rings. The molecule has 0 bridgehead atoms. The molecule has 9 heteroatoms. The molecule has 2 atom stereocenters. The molecule has 3 rings (SSSR count). The summed E-state index contributed by atoms with van der Waals surface area (Å²) in [5.74, 6) is -0.364. The standard InChI is InChI=1S/C21H23ClN4O4/c1-11(2)15-9-16(25-29)12(3)7-17(15)30-10-18(27)24-26-20(19(22)21(26)28)13-5-4-6-14(23)8-13/h4-9,11,19-20H,10,23H2,1-3H3,(H,24,27). The van der Waals surface area contributed by atoms with Crippen molar-refractivity contribution < 1.29 is 14.3 Å². The van der Waals surface area contributed by atoms with E-state index in [4.69, 9.17) is 22.1 Å². The number of nitrogens with zero attached hydrogens (tertiary/aromatic N) is 2. The molecule has 2 amide bonds. The maximum Gasteiger partial charge on any atom is 0.276 e. The van der Waals surface area contributed by atoms with Crippen LogP contribution in [0.25, 0.3) is 0 Å². The van der Waals surface area contributed by atoms with Crippen LogP contribution in [0.3, 0.4) is 0 Å². The van der Waals surface area contributed by atoms with E-state index in [-0.39, 0.29) is 12.5 Å². The van der Waals surface area contributed by atoms with Crippen LogP contribution in [-0.2, 0) is 9.59 Å². The number of halogens is 1. The number of amides is 2. The van der Waals surface area contributed by atoms with E-state index < -0.39 is 23.2 Å². The van der Waals surface area contributed by atoms with Gasteiger partial charge in [0.15, 0.2) is 6.61 Å². The number of anilines is 1. The lowest BCUT2D eigenvalue weighted by molar-refractivity contribution is -0.157. The monoisotopic (exact) mass is 430 g/mol. The van der Waals surface area contributed by atoms with E-state index in [1.165, 1.54) is 5.01 Å². The zero-order valence-corrected chi connectivity index (χ0v) is 17.6. The van der Waals surface area contributed by atoms with Gasteiger partial charge in [0, 0.05) is 5.69 Å². The second kappa shape index (κ2) is 8.71. The van der Waals surface area contributed by atoms with Crippen molar-refractivity contribution in [1.29, 1.82) is 0 Å². The molecule has 3 N–H and O–H groups in total. The number of benzene rings is 2. The number of β-lactam (4-membered cyclic amide) rings is 1. The number of nitroso groups, excluding NO2 is 1. The van der Waals surface area contributed by atoms with Crippen molar-refractivity contribution >= 4 is 34.8 Å². The number of hydrogen-bond donors (Lipinski definition) is 2. The summed E-state index contributed by atoms with van der Waals surface area (Å²) in [6.07, 6.45) is 0. The number of nitrogen functional groups attached to an aromatic ring is 1. The van der Waals surface area contributed by atoms with Crippen LogP contribution in [0.2, 0.25) is 0 Å². The fourth-order valence-corrected chi connectivity index (χ4v) is 3.67. The van der Waals surface area contributed by atoms with Crippen LogP contribution in [-0.4, -0.2) is 28.8 Å². The molecule has 2 aromatic carbocycles. The first-order valence-electron chi connectivity index (χ1n) is 9.45. The van der Waals surface area contributed by atoms with Crippen LogP contribution in [0.4, 0.5) is 11.4 Å². The highest BCUT2D eigenvalue weighted by atomic mass is 35.5. The number of carbonyl (C=O) groups is 2. The van der Waals surface area contributed by atoms with Crippen molar-refractivity contribution in [2.45, 2.75) is 38.1 Å². The Kier molecular flexibility index (Phi) is 6.26. The largest absolute Gasteiger partial charge is 0.483 e. The third-order valence-electron chi connectivity index (χ3n) is 4.93. The quantitative estimate of drug-likeness (QED) is 0.301. The van der Waals surface area contributed by atoms with Gasteiger partial charge < -0.3 is 10.5 Å². The highest BCUT2D eigenvalue weighted by Gasteiger charge is 2.48. The summed E-state index contributed by atoms with van der Waals surface area (Å²) in [5.41, 5.74) is 11.4. The van der Waals surface area contributed by atoms with Crippen LogP contribution >= 0.6 is 11.6 Å². The number of hydrogen-bond acceptors (Lipinski definition) is 6. The molecule has 1 fully saturated rings. The second-order valence-electron chi connectivity index (χ2n) is 7.47. The number of hydrazine groups is 1. The highest BCUT2D eigenvalue weighted by molar-refractivity contribution is 6.33. The summed E-state index contributed by atoms with van der Waals surface area (Å²) in [6.45, 7) is 5.32. The van der Waals surface area contributed by atoms with Gasteiger partial charge in [0.25, 0.3) is 11.8 Å². The molecule has 2 aromatic rings. The number of rotatable bonds is 7. The predicted molar refractivity (Wildman–Crippen MR) is 114 cm³/mol. The Morgan fingerprint density at radius 3 is 2.70 bits per heavy atom. The number of carbonyl (C=O) groups excluding carboxylic acids is 2. The fourth-order valence-electron chi connectivity index (χ4n) is 3.31. The summed E-state index contributed by atoms with van der Waals surface area (Å²) in [5, 5.41) is 3.42. The van der Waals surface area contributed by atoms with E-state index >= 15 is 0 Å². The van der Waals surface area contributed by atoms with Gasteiger partial charge in [-0.15, -0.1) is 16.5 Å². The third kappa shape index (κ3) is 4.23. The minimum absolute atomic E-state index is 0.0612. The minimum atomic E-state index is -0.786. The lowest BCUT2D eigenvalue weighted by atomic mass is 9.95. The van der Waals surface area contributed by atoms with Gasteiger partial charge in [-0.25, -0.2) is 5.01 Å². The number of ether oxygens (including phenoxy) is 1. The molecule has 0 aromatic heterocycles. The van der Waals surface area contributed by atoms with Crippen LogP contribution < -0.4 is 15.9 Å².